The van der Waals surface area contributed by atoms with Crippen LogP contribution in [0.1, 0.15) is 13.8 Å². The first-order chi connectivity index (χ1) is 12.3. The van der Waals surface area contributed by atoms with Gasteiger partial charge in [0.05, 0.1) is 11.0 Å². The second-order valence-corrected chi connectivity index (χ2v) is 6.38. The average Bonchev–Trinajstić information content (AvgIpc) is 3.04. The van der Waals surface area contributed by atoms with Crippen LogP contribution in [0.4, 0.5) is 5.82 Å². The number of aromatic amines is 1. The van der Waals surface area contributed by atoms with Crippen LogP contribution < -0.4 is 5.32 Å². The Bertz CT molecular complexity index is 1020. The van der Waals surface area contributed by atoms with Crippen LogP contribution in [-0.2, 0) is 0 Å². The molecule has 0 amide bonds. The summed E-state index contributed by atoms with van der Waals surface area (Å²) in [5.74, 6) is 0.940. The van der Waals surface area contributed by atoms with Crippen LogP contribution in [-0.4, -0.2) is 41.0 Å². The van der Waals surface area contributed by atoms with Gasteiger partial charge in [0.2, 0.25) is 0 Å². The van der Waals surface area contributed by atoms with Crippen LogP contribution in [0.25, 0.3) is 32.7 Å². The number of fused-ring (bicyclic) bond motifs is 5. The van der Waals surface area contributed by atoms with Gasteiger partial charge in [-0.25, -0.2) is 4.98 Å². The smallest absolute Gasteiger partial charge is 0.126 e. The quantitative estimate of drug-likeness (QED) is 0.447. The van der Waals surface area contributed by atoms with Crippen LogP contribution in [0, 0.1) is 0 Å². The van der Waals surface area contributed by atoms with Crippen molar-refractivity contribution in [3.05, 3.63) is 48.5 Å². The van der Waals surface area contributed by atoms with E-state index in [1.807, 2.05) is 0 Å². The fourth-order valence-electron chi connectivity index (χ4n) is 3.51. The van der Waals surface area contributed by atoms with Gasteiger partial charge >= 0.3 is 0 Å². The highest BCUT2D eigenvalue weighted by atomic mass is 35.5. The molecule has 27 heavy (non-hydrogen) atoms. The van der Waals surface area contributed by atoms with Crippen molar-refractivity contribution in [1.82, 2.24) is 14.9 Å². The number of hydrogen-bond donors (Lipinski definition) is 2. The van der Waals surface area contributed by atoms with E-state index in [1.165, 1.54) is 27.2 Å². The van der Waals surface area contributed by atoms with Gasteiger partial charge in [-0.1, -0.05) is 38.1 Å². The molecule has 144 valence electrons. The third-order valence-corrected chi connectivity index (χ3v) is 4.98. The van der Waals surface area contributed by atoms with E-state index < -0.39 is 0 Å². The lowest BCUT2D eigenvalue weighted by molar-refractivity contribution is 0.316. The number of halogens is 2. The molecule has 0 aliphatic rings. The predicted molar refractivity (Wildman–Crippen MR) is 122 cm³/mol. The van der Waals surface area contributed by atoms with Crippen molar-refractivity contribution in [2.45, 2.75) is 13.8 Å². The van der Waals surface area contributed by atoms with Gasteiger partial charge in [0, 0.05) is 34.8 Å². The molecule has 0 fully saturated rings. The Balaban J connectivity index is 0.00000131. The van der Waals surface area contributed by atoms with Gasteiger partial charge in [-0.3, -0.25) is 0 Å². The number of H-pyrrole nitrogens is 1. The zero-order valence-corrected chi connectivity index (χ0v) is 17.3. The Hall–Kier alpha value is -2.01. The summed E-state index contributed by atoms with van der Waals surface area (Å²) in [5, 5.41) is 7.14. The van der Waals surface area contributed by atoms with E-state index in [1.54, 1.807) is 0 Å². The minimum absolute atomic E-state index is 0. The molecular weight excluding hydrogens is 379 g/mol. The first-order valence-corrected chi connectivity index (χ1v) is 9.06. The molecule has 4 nitrogen and oxygen atoms in total. The van der Waals surface area contributed by atoms with Crippen molar-refractivity contribution >= 4 is 63.3 Å². The maximum Gasteiger partial charge on any atom is 0.126 e. The summed E-state index contributed by atoms with van der Waals surface area (Å²) >= 11 is 0. The molecule has 2 aromatic carbocycles. The number of anilines is 1. The number of benzene rings is 2. The summed E-state index contributed by atoms with van der Waals surface area (Å²) in [6.45, 7) is 8.51. The highest BCUT2D eigenvalue weighted by Crippen LogP contribution is 2.30. The zero-order chi connectivity index (χ0) is 17.2. The second kappa shape index (κ2) is 9.27. The summed E-state index contributed by atoms with van der Waals surface area (Å²) in [5.41, 5.74) is 3.36. The van der Waals surface area contributed by atoms with Crippen LogP contribution in [0.15, 0.2) is 48.5 Å². The lowest BCUT2D eigenvalue weighted by atomic mass is 10.1. The molecule has 0 atom stereocenters. The fourth-order valence-corrected chi connectivity index (χ4v) is 3.51. The van der Waals surface area contributed by atoms with Gasteiger partial charge < -0.3 is 15.2 Å². The Morgan fingerprint density at radius 1 is 0.889 bits per heavy atom. The number of rotatable bonds is 6. The van der Waals surface area contributed by atoms with Crippen molar-refractivity contribution < 1.29 is 0 Å². The van der Waals surface area contributed by atoms with Crippen molar-refractivity contribution in [1.29, 1.82) is 0 Å². The Labute approximate surface area is 172 Å². The molecular formula is C21H26Cl2N4. The van der Waals surface area contributed by atoms with E-state index in [9.17, 15) is 0 Å². The highest BCUT2D eigenvalue weighted by Gasteiger charge is 2.08. The molecule has 2 N–H and O–H groups in total. The van der Waals surface area contributed by atoms with Crippen molar-refractivity contribution in [3.63, 3.8) is 0 Å². The largest absolute Gasteiger partial charge is 0.369 e. The first-order valence-electron chi connectivity index (χ1n) is 9.06. The topological polar surface area (TPSA) is 44.0 Å². The monoisotopic (exact) mass is 404 g/mol. The Kier molecular flexibility index (Phi) is 7.31. The van der Waals surface area contributed by atoms with E-state index in [4.69, 9.17) is 4.98 Å². The lowest BCUT2D eigenvalue weighted by Gasteiger charge is -2.18. The summed E-state index contributed by atoms with van der Waals surface area (Å²) in [4.78, 5) is 10.7. The van der Waals surface area contributed by atoms with E-state index in [-0.39, 0.29) is 24.8 Å². The summed E-state index contributed by atoms with van der Waals surface area (Å²) in [6.07, 6.45) is 0. The first kappa shape index (κ1) is 21.3. The summed E-state index contributed by atoms with van der Waals surface area (Å²) < 4.78 is 0. The van der Waals surface area contributed by atoms with Gasteiger partial charge in [-0.2, -0.15) is 0 Å². The van der Waals surface area contributed by atoms with Gasteiger partial charge in [0.1, 0.15) is 5.82 Å². The van der Waals surface area contributed by atoms with Crippen LogP contribution in [0.2, 0.25) is 0 Å². The molecule has 0 aliphatic heterocycles. The average molecular weight is 405 g/mol. The van der Waals surface area contributed by atoms with Crippen LogP contribution in [0.3, 0.4) is 0 Å². The van der Waals surface area contributed by atoms with Gasteiger partial charge in [-0.15, -0.1) is 24.8 Å². The SMILES string of the molecule is CCN(CC)CCNc1ccc2c(ccc3c4ccccc4[nH]c23)n1.Cl.Cl. The maximum atomic E-state index is 4.79. The molecule has 2 heterocycles. The number of pyridine rings is 1. The van der Waals surface area contributed by atoms with E-state index >= 15 is 0 Å². The fraction of sp³-hybridized carbons (Fsp3) is 0.286. The highest BCUT2D eigenvalue weighted by molar-refractivity contribution is 6.16. The molecule has 6 heteroatoms. The standard InChI is InChI=1S/C21H24N4.2ClH/c1-3-25(4-2)14-13-22-20-12-10-17-19(23-20)11-9-16-15-7-5-6-8-18(15)24-21(16)17;;/h5-12,24H,3-4,13-14H2,1-2H3,(H,22,23);2*1H. The molecule has 0 unspecified atom stereocenters. The molecule has 0 radical (unpaired) electrons. The van der Waals surface area contributed by atoms with Gasteiger partial charge in [0.15, 0.2) is 0 Å². The zero-order valence-electron chi connectivity index (χ0n) is 15.7. The molecule has 2 aromatic heterocycles. The third kappa shape index (κ3) is 4.13. The molecule has 0 bridgehead atoms. The number of para-hydroxylation sites is 1. The second-order valence-electron chi connectivity index (χ2n) is 6.38. The van der Waals surface area contributed by atoms with Crippen LogP contribution >= 0.6 is 24.8 Å². The van der Waals surface area contributed by atoms with E-state index in [0.29, 0.717) is 0 Å². The minimum Gasteiger partial charge on any atom is -0.369 e. The number of nitrogens with zero attached hydrogens (tertiary/aromatic N) is 2. The number of aromatic nitrogens is 2. The predicted octanol–water partition coefficient (Wildman–Crippen LogP) is 5.47. The van der Waals surface area contributed by atoms with Crippen molar-refractivity contribution in [2.24, 2.45) is 0 Å². The molecule has 0 saturated heterocycles. The Morgan fingerprint density at radius 2 is 1.63 bits per heavy atom. The minimum atomic E-state index is 0. The third-order valence-electron chi connectivity index (χ3n) is 4.98. The molecule has 0 spiro atoms. The van der Waals surface area contributed by atoms with E-state index in [2.05, 4.69) is 77.6 Å². The summed E-state index contributed by atoms with van der Waals surface area (Å²) in [6, 6.07) is 17.0. The molecule has 0 saturated carbocycles. The van der Waals surface area contributed by atoms with Crippen LogP contribution in [0.5, 0.6) is 0 Å². The number of hydrogen-bond acceptors (Lipinski definition) is 3. The molecule has 4 aromatic rings. The van der Waals surface area contributed by atoms with Crippen molar-refractivity contribution in [3.8, 4) is 0 Å². The van der Waals surface area contributed by atoms with Gasteiger partial charge in [0.25, 0.3) is 0 Å². The van der Waals surface area contributed by atoms with E-state index in [0.717, 1.165) is 37.5 Å². The molecule has 0 aliphatic carbocycles. The maximum absolute atomic E-state index is 4.79. The Morgan fingerprint density at radius 3 is 2.41 bits per heavy atom. The molecule has 4 rings (SSSR count). The number of likely N-dealkylation sites (N-methyl/N-ethyl adjacent to an activating group) is 1. The lowest BCUT2D eigenvalue weighted by Crippen LogP contribution is -2.28. The van der Waals surface area contributed by atoms with Gasteiger partial charge in [-0.05, 0) is 37.4 Å². The summed E-state index contributed by atoms with van der Waals surface area (Å²) in [7, 11) is 0. The number of nitrogens with one attached hydrogen (secondary N) is 2. The van der Waals surface area contributed by atoms with Crippen molar-refractivity contribution in [2.75, 3.05) is 31.5 Å². The normalized spacial score (nSPS) is 10.9.